The van der Waals surface area contributed by atoms with Crippen LogP contribution in [0.1, 0.15) is 43.0 Å². The average molecular weight is 376 g/mol. The Labute approximate surface area is 155 Å². The van der Waals surface area contributed by atoms with Gasteiger partial charge in [-0.1, -0.05) is 24.2 Å². The first-order chi connectivity index (χ1) is 12.8. The lowest BCUT2D eigenvalue weighted by Gasteiger charge is -2.30. The molecule has 0 aliphatic rings. The van der Waals surface area contributed by atoms with Crippen molar-refractivity contribution in [2.45, 2.75) is 32.6 Å². The van der Waals surface area contributed by atoms with Gasteiger partial charge in [0, 0.05) is 29.4 Å². The molecule has 0 N–H and O–H groups in total. The fourth-order valence-corrected chi connectivity index (χ4v) is 2.81. The maximum Gasteiger partial charge on any atom is 0.305 e. The van der Waals surface area contributed by atoms with Crippen molar-refractivity contribution in [1.82, 2.24) is 0 Å². The number of benzene rings is 1. The van der Waals surface area contributed by atoms with Crippen LogP contribution in [0.25, 0.3) is 10.4 Å². The molecule has 0 saturated heterocycles. The summed E-state index contributed by atoms with van der Waals surface area (Å²) < 4.78 is 4.58. The Bertz CT molecular complexity index is 787. The molecule has 1 aromatic carbocycles. The van der Waals surface area contributed by atoms with Crippen LogP contribution in [0.15, 0.2) is 29.4 Å². The molecule has 0 unspecified atom stereocenters. The molecule has 0 aliphatic heterocycles. The third kappa shape index (κ3) is 5.35. The van der Waals surface area contributed by atoms with Gasteiger partial charge in [-0.15, -0.1) is 0 Å². The van der Waals surface area contributed by atoms with E-state index >= 15 is 0 Å². The molecule has 27 heavy (non-hydrogen) atoms. The minimum absolute atomic E-state index is 0.00231. The zero-order valence-electron chi connectivity index (χ0n) is 15.1. The molecule has 0 heterocycles. The van der Waals surface area contributed by atoms with Crippen LogP contribution < -0.4 is 0 Å². The van der Waals surface area contributed by atoms with Crippen molar-refractivity contribution >= 4 is 23.2 Å². The number of rotatable bonds is 11. The highest BCUT2D eigenvalue weighted by atomic mass is 16.6. The summed E-state index contributed by atoms with van der Waals surface area (Å²) in [6, 6.07) is 5.18. The highest BCUT2D eigenvalue weighted by Crippen LogP contribution is 2.36. The third-order valence-electron chi connectivity index (χ3n) is 4.50. The van der Waals surface area contributed by atoms with E-state index in [1.165, 1.54) is 25.3 Å². The molecule has 10 heteroatoms. The highest BCUT2D eigenvalue weighted by molar-refractivity contribution is 6.46. The van der Waals surface area contributed by atoms with E-state index in [-0.39, 0.29) is 37.8 Å². The minimum Gasteiger partial charge on any atom is -0.469 e. The number of azide groups is 1. The summed E-state index contributed by atoms with van der Waals surface area (Å²) >= 11 is 0. The lowest BCUT2D eigenvalue weighted by atomic mass is 9.72. The number of methoxy groups -OCH3 is 1. The van der Waals surface area contributed by atoms with E-state index in [4.69, 9.17) is 5.53 Å². The number of para-hydroxylation sites is 1. The van der Waals surface area contributed by atoms with Crippen molar-refractivity contribution in [3.8, 4) is 0 Å². The van der Waals surface area contributed by atoms with Crippen LogP contribution in [0.4, 0.5) is 5.69 Å². The van der Waals surface area contributed by atoms with Gasteiger partial charge in [0.25, 0.3) is 5.69 Å². The molecule has 0 bridgehead atoms. The van der Waals surface area contributed by atoms with Crippen LogP contribution in [0.5, 0.6) is 0 Å². The van der Waals surface area contributed by atoms with Gasteiger partial charge in [0.1, 0.15) is 5.56 Å². The first kappa shape index (κ1) is 21.8. The number of esters is 1. The SMILES string of the molecule is CC[C@@](CCN=[N+]=[N-])(CCC(=O)OC)C(=O)C(=O)c1ccccc1[N+](=O)[O-]. The summed E-state index contributed by atoms with van der Waals surface area (Å²) in [4.78, 5) is 50.3. The van der Waals surface area contributed by atoms with Crippen LogP contribution in [-0.4, -0.2) is 36.1 Å². The van der Waals surface area contributed by atoms with Crippen LogP contribution in [-0.2, 0) is 14.3 Å². The van der Waals surface area contributed by atoms with Gasteiger partial charge in [-0.25, -0.2) is 0 Å². The molecule has 0 saturated carbocycles. The van der Waals surface area contributed by atoms with Gasteiger partial charge in [-0.3, -0.25) is 24.5 Å². The normalized spacial score (nSPS) is 12.4. The Hall–Kier alpha value is -3.26. The van der Waals surface area contributed by atoms with Gasteiger partial charge in [0.05, 0.1) is 12.0 Å². The van der Waals surface area contributed by atoms with E-state index < -0.39 is 33.6 Å². The Kier molecular flexibility index (Phi) is 8.09. The third-order valence-corrected chi connectivity index (χ3v) is 4.50. The predicted molar refractivity (Wildman–Crippen MR) is 95.0 cm³/mol. The summed E-state index contributed by atoms with van der Waals surface area (Å²) in [6.45, 7) is 1.61. The quantitative estimate of drug-likeness (QED) is 0.0843. The van der Waals surface area contributed by atoms with Crippen molar-refractivity contribution in [1.29, 1.82) is 0 Å². The first-order valence-corrected chi connectivity index (χ1v) is 8.23. The largest absolute Gasteiger partial charge is 0.469 e. The Morgan fingerprint density at radius 1 is 1.30 bits per heavy atom. The summed E-state index contributed by atoms with van der Waals surface area (Å²) in [7, 11) is 1.20. The summed E-state index contributed by atoms with van der Waals surface area (Å²) in [5.41, 5.74) is 6.40. The first-order valence-electron chi connectivity index (χ1n) is 8.23. The zero-order valence-corrected chi connectivity index (χ0v) is 15.1. The number of carbonyl (C=O) groups excluding carboxylic acids is 3. The van der Waals surface area contributed by atoms with Crippen molar-refractivity contribution in [3.63, 3.8) is 0 Å². The summed E-state index contributed by atoms with van der Waals surface area (Å²) in [6.07, 6.45) is 0.116. The fourth-order valence-electron chi connectivity index (χ4n) is 2.81. The fraction of sp³-hybridized carbons (Fsp3) is 0.471. The minimum atomic E-state index is -1.29. The second kappa shape index (κ2) is 10.0. The monoisotopic (exact) mass is 376 g/mol. The molecule has 1 rings (SSSR count). The number of ether oxygens (including phenoxy) is 1. The number of Topliss-reactive ketones (excluding diaryl/α,β-unsaturated/α-hetero) is 2. The molecule has 144 valence electrons. The molecule has 0 radical (unpaired) electrons. The maximum atomic E-state index is 13.0. The van der Waals surface area contributed by atoms with Crippen LogP contribution >= 0.6 is 0 Å². The Morgan fingerprint density at radius 3 is 2.52 bits per heavy atom. The molecule has 0 amide bonds. The van der Waals surface area contributed by atoms with Gasteiger partial charge in [-0.05, 0) is 30.9 Å². The number of carbonyl (C=O) groups is 3. The number of nitro groups is 1. The van der Waals surface area contributed by atoms with E-state index in [2.05, 4.69) is 14.8 Å². The van der Waals surface area contributed by atoms with Crippen LogP contribution in [0.3, 0.4) is 0 Å². The predicted octanol–water partition coefficient (Wildman–Crippen LogP) is 3.40. The van der Waals surface area contributed by atoms with E-state index in [1.807, 2.05) is 0 Å². The van der Waals surface area contributed by atoms with Crippen LogP contribution in [0, 0.1) is 15.5 Å². The average Bonchev–Trinajstić information content (AvgIpc) is 2.69. The lowest BCUT2D eigenvalue weighted by Crippen LogP contribution is -2.38. The molecular formula is C17H20N4O6. The molecule has 1 atom stereocenters. The number of nitro benzene ring substituents is 1. The van der Waals surface area contributed by atoms with Gasteiger partial charge >= 0.3 is 5.97 Å². The highest BCUT2D eigenvalue weighted by Gasteiger charge is 2.41. The Morgan fingerprint density at radius 2 is 1.96 bits per heavy atom. The topological polar surface area (TPSA) is 152 Å². The second-order valence-electron chi connectivity index (χ2n) is 5.85. The molecule has 0 aromatic heterocycles. The van der Waals surface area contributed by atoms with E-state index in [1.54, 1.807) is 6.92 Å². The standard InChI is InChI=1S/C17H20N4O6/c1-3-17(10-11-19-20-18,9-8-14(22)27-2)16(24)15(23)12-6-4-5-7-13(12)21(25)26/h4-7H,3,8-11H2,1-2H3/t17-/m0/s1. The summed E-state index contributed by atoms with van der Waals surface area (Å²) in [5.74, 6) is -2.41. The number of hydrogen-bond donors (Lipinski definition) is 0. The van der Waals surface area contributed by atoms with E-state index in [9.17, 15) is 24.5 Å². The summed E-state index contributed by atoms with van der Waals surface area (Å²) in [5, 5.41) is 14.6. The van der Waals surface area contributed by atoms with Crippen molar-refractivity contribution < 1.29 is 24.0 Å². The van der Waals surface area contributed by atoms with Gasteiger partial charge in [0.15, 0.2) is 0 Å². The maximum absolute atomic E-state index is 13.0. The van der Waals surface area contributed by atoms with Gasteiger partial charge in [-0.2, -0.15) is 0 Å². The van der Waals surface area contributed by atoms with Crippen molar-refractivity contribution in [2.24, 2.45) is 10.5 Å². The molecule has 0 fully saturated rings. The van der Waals surface area contributed by atoms with Crippen molar-refractivity contribution in [3.05, 3.63) is 50.4 Å². The number of nitrogens with zero attached hydrogens (tertiary/aromatic N) is 4. The van der Waals surface area contributed by atoms with Gasteiger partial charge in [0.2, 0.25) is 11.6 Å². The Balaban J connectivity index is 3.28. The number of ketones is 2. The second-order valence-corrected chi connectivity index (χ2v) is 5.85. The molecular weight excluding hydrogens is 356 g/mol. The smallest absolute Gasteiger partial charge is 0.305 e. The van der Waals surface area contributed by atoms with E-state index in [0.29, 0.717) is 0 Å². The van der Waals surface area contributed by atoms with E-state index in [0.717, 1.165) is 6.07 Å². The molecule has 10 nitrogen and oxygen atoms in total. The van der Waals surface area contributed by atoms with Gasteiger partial charge < -0.3 is 4.74 Å². The molecule has 1 aromatic rings. The zero-order chi connectivity index (χ0) is 20.4. The number of hydrogen-bond acceptors (Lipinski definition) is 7. The van der Waals surface area contributed by atoms with Crippen LogP contribution in [0.2, 0.25) is 0 Å². The van der Waals surface area contributed by atoms with Crippen molar-refractivity contribution in [2.75, 3.05) is 13.7 Å². The molecule has 0 spiro atoms. The lowest BCUT2D eigenvalue weighted by molar-refractivity contribution is -0.385. The molecule has 0 aliphatic carbocycles.